The van der Waals surface area contributed by atoms with Crippen molar-refractivity contribution in [1.29, 1.82) is 0 Å². The molecule has 2 saturated heterocycles. The second kappa shape index (κ2) is 5.05. The predicted molar refractivity (Wildman–Crippen MR) is 70.7 cm³/mol. The summed E-state index contributed by atoms with van der Waals surface area (Å²) in [6, 6.07) is -0.542. The van der Waals surface area contributed by atoms with E-state index in [-0.39, 0.29) is 24.9 Å². The highest BCUT2D eigenvalue weighted by atomic mass is 16.3. The van der Waals surface area contributed by atoms with Crippen molar-refractivity contribution >= 4 is 17.8 Å². The van der Waals surface area contributed by atoms with Crippen molar-refractivity contribution < 1.29 is 19.5 Å². The molecule has 2 heterocycles. The molecule has 2 N–H and O–H groups in total. The van der Waals surface area contributed by atoms with Crippen LogP contribution in [0.2, 0.25) is 0 Å². The number of piperidine rings is 1. The largest absolute Gasteiger partial charge is 0.391 e. The molecular formula is C13H21N3O4. The number of aliphatic hydroxyl groups excluding tert-OH is 1. The number of rotatable bonds is 2. The number of imide groups is 1. The van der Waals surface area contributed by atoms with Crippen molar-refractivity contribution in [3.63, 3.8) is 0 Å². The van der Waals surface area contributed by atoms with Crippen LogP contribution >= 0.6 is 0 Å². The summed E-state index contributed by atoms with van der Waals surface area (Å²) in [5.41, 5.74) is -0.965. The average molecular weight is 283 g/mol. The minimum atomic E-state index is -0.965. The number of carbonyl (C=O) groups is 3. The lowest BCUT2D eigenvalue weighted by atomic mass is 9.96. The van der Waals surface area contributed by atoms with Gasteiger partial charge in [0.2, 0.25) is 5.91 Å². The molecule has 7 heteroatoms. The highest BCUT2D eigenvalue weighted by Gasteiger charge is 2.45. The molecule has 20 heavy (non-hydrogen) atoms. The molecule has 0 aromatic carbocycles. The molecule has 4 amide bonds. The topological polar surface area (TPSA) is 90.0 Å². The minimum absolute atomic E-state index is 0.162. The van der Waals surface area contributed by atoms with Gasteiger partial charge in [-0.25, -0.2) is 4.79 Å². The third kappa shape index (κ3) is 2.63. The summed E-state index contributed by atoms with van der Waals surface area (Å²) in [6.07, 6.45) is 0.172. The fourth-order valence-electron chi connectivity index (χ4n) is 2.47. The summed E-state index contributed by atoms with van der Waals surface area (Å²) in [6.45, 7) is 5.67. The van der Waals surface area contributed by atoms with Crippen LogP contribution in [-0.4, -0.2) is 64.0 Å². The Labute approximate surface area is 117 Å². The number of nitrogens with one attached hydrogen (secondary N) is 1. The quantitative estimate of drug-likeness (QED) is 0.671. The van der Waals surface area contributed by atoms with Crippen LogP contribution in [0.5, 0.6) is 0 Å². The number of hydrogen-bond acceptors (Lipinski definition) is 4. The number of carbonyl (C=O) groups excluding carboxylic acids is 3. The first-order valence-corrected chi connectivity index (χ1v) is 6.82. The van der Waals surface area contributed by atoms with Crippen molar-refractivity contribution in [1.82, 2.24) is 15.1 Å². The van der Waals surface area contributed by atoms with E-state index in [4.69, 9.17) is 0 Å². The van der Waals surface area contributed by atoms with Crippen molar-refractivity contribution in [2.24, 2.45) is 5.92 Å². The van der Waals surface area contributed by atoms with Gasteiger partial charge in [0, 0.05) is 13.1 Å². The lowest BCUT2D eigenvalue weighted by Gasteiger charge is -2.34. The predicted octanol–water partition coefficient (Wildman–Crippen LogP) is -0.454. The molecule has 2 unspecified atom stereocenters. The van der Waals surface area contributed by atoms with Gasteiger partial charge in [-0.2, -0.15) is 0 Å². The van der Waals surface area contributed by atoms with Gasteiger partial charge in [-0.15, -0.1) is 0 Å². The summed E-state index contributed by atoms with van der Waals surface area (Å²) in [5.74, 6) is -0.548. The van der Waals surface area contributed by atoms with Gasteiger partial charge in [0.05, 0.1) is 6.10 Å². The van der Waals surface area contributed by atoms with Gasteiger partial charge in [-0.1, -0.05) is 6.92 Å². The molecular weight excluding hydrogens is 262 g/mol. The number of nitrogens with zero attached hydrogens (tertiary/aromatic N) is 2. The first-order chi connectivity index (χ1) is 9.22. The van der Waals surface area contributed by atoms with E-state index in [9.17, 15) is 19.5 Å². The van der Waals surface area contributed by atoms with Gasteiger partial charge >= 0.3 is 6.03 Å². The lowest BCUT2D eigenvalue weighted by molar-refractivity contribution is -0.141. The van der Waals surface area contributed by atoms with Crippen LogP contribution in [0, 0.1) is 5.92 Å². The maximum atomic E-state index is 12.1. The zero-order valence-corrected chi connectivity index (χ0v) is 12.0. The van der Waals surface area contributed by atoms with E-state index < -0.39 is 23.6 Å². The van der Waals surface area contributed by atoms with Gasteiger partial charge in [0.1, 0.15) is 12.1 Å². The lowest BCUT2D eigenvalue weighted by Crippen LogP contribution is -2.50. The van der Waals surface area contributed by atoms with Crippen LogP contribution < -0.4 is 5.32 Å². The van der Waals surface area contributed by atoms with Gasteiger partial charge < -0.3 is 15.3 Å². The first kappa shape index (κ1) is 14.8. The second-order valence-electron chi connectivity index (χ2n) is 6.12. The highest BCUT2D eigenvalue weighted by molar-refractivity contribution is 6.08. The fraction of sp³-hybridized carbons (Fsp3) is 0.769. The normalized spacial score (nSPS) is 29.6. The molecule has 2 aliphatic rings. The second-order valence-corrected chi connectivity index (χ2v) is 6.12. The Kier molecular flexibility index (Phi) is 3.73. The summed E-state index contributed by atoms with van der Waals surface area (Å²) in [5, 5.41) is 12.3. The molecule has 2 rings (SSSR count). The van der Waals surface area contributed by atoms with E-state index >= 15 is 0 Å². The molecule has 0 bridgehead atoms. The van der Waals surface area contributed by atoms with E-state index in [0.717, 1.165) is 11.3 Å². The Morgan fingerprint density at radius 1 is 1.45 bits per heavy atom. The van der Waals surface area contributed by atoms with Crippen LogP contribution in [0.1, 0.15) is 27.2 Å². The molecule has 0 spiro atoms. The number of aliphatic hydroxyl groups is 1. The van der Waals surface area contributed by atoms with Gasteiger partial charge in [-0.3, -0.25) is 14.5 Å². The Morgan fingerprint density at radius 2 is 2.10 bits per heavy atom. The summed E-state index contributed by atoms with van der Waals surface area (Å²) in [7, 11) is 0. The molecule has 112 valence electrons. The zero-order valence-electron chi connectivity index (χ0n) is 12.0. The van der Waals surface area contributed by atoms with Crippen LogP contribution in [0.4, 0.5) is 4.79 Å². The zero-order chi connectivity index (χ0) is 15.1. The van der Waals surface area contributed by atoms with Gasteiger partial charge in [-0.05, 0) is 26.2 Å². The minimum Gasteiger partial charge on any atom is -0.391 e. The highest BCUT2D eigenvalue weighted by Crippen LogP contribution is 2.19. The molecule has 2 atom stereocenters. The Morgan fingerprint density at radius 3 is 2.60 bits per heavy atom. The van der Waals surface area contributed by atoms with Gasteiger partial charge in [0.25, 0.3) is 5.91 Å². The fourth-order valence-corrected chi connectivity index (χ4v) is 2.47. The molecule has 0 aliphatic carbocycles. The van der Waals surface area contributed by atoms with Gasteiger partial charge in [0.15, 0.2) is 0 Å². The number of β-amino-alcohol motifs (C(OH)–C–C–N with tert-alkyl or cyclic N) is 1. The standard InChI is InChI=1S/C13H21N3O4/c1-8-4-5-15(6-9(8)17)10(18)7-16-11(19)13(2,3)14-12(16)20/h8-9,17H,4-7H2,1-3H3,(H,14,20). The molecule has 2 aliphatic heterocycles. The van der Waals surface area contributed by atoms with Crippen LogP contribution in [0.25, 0.3) is 0 Å². The van der Waals surface area contributed by atoms with E-state index in [1.165, 1.54) is 4.90 Å². The summed E-state index contributed by atoms with van der Waals surface area (Å²) in [4.78, 5) is 38.3. The Balaban J connectivity index is 1.99. The van der Waals surface area contributed by atoms with E-state index in [1.807, 2.05) is 6.92 Å². The number of likely N-dealkylation sites (tertiary alicyclic amines) is 1. The third-order valence-corrected chi connectivity index (χ3v) is 4.01. The monoisotopic (exact) mass is 283 g/mol. The average Bonchev–Trinajstić information content (AvgIpc) is 2.55. The first-order valence-electron chi connectivity index (χ1n) is 6.82. The molecule has 0 saturated carbocycles. The maximum absolute atomic E-state index is 12.1. The molecule has 2 fully saturated rings. The SMILES string of the molecule is CC1CCN(C(=O)CN2C(=O)NC(C)(C)C2=O)CC1O. The molecule has 7 nitrogen and oxygen atoms in total. The van der Waals surface area contributed by atoms with Crippen LogP contribution in [0.3, 0.4) is 0 Å². The molecule has 0 radical (unpaired) electrons. The van der Waals surface area contributed by atoms with E-state index in [0.29, 0.717) is 6.54 Å². The third-order valence-electron chi connectivity index (χ3n) is 4.01. The van der Waals surface area contributed by atoms with Crippen LogP contribution in [0.15, 0.2) is 0 Å². The number of amides is 4. The summed E-state index contributed by atoms with van der Waals surface area (Å²) >= 11 is 0. The van der Waals surface area contributed by atoms with Crippen molar-refractivity contribution in [2.45, 2.75) is 38.8 Å². The summed E-state index contributed by atoms with van der Waals surface area (Å²) < 4.78 is 0. The van der Waals surface area contributed by atoms with Crippen LogP contribution in [-0.2, 0) is 9.59 Å². The van der Waals surface area contributed by atoms with Crippen molar-refractivity contribution in [3.8, 4) is 0 Å². The molecule has 0 aromatic heterocycles. The number of hydrogen-bond donors (Lipinski definition) is 2. The number of urea groups is 1. The van der Waals surface area contributed by atoms with Crippen molar-refractivity contribution in [3.05, 3.63) is 0 Å². The maximum Gasteiger partial charge on any atom is 0.325 e. The smallest absolute Gasteiger partial charge is 0.325 e. The molecule has 0 aromatic rings. The Bertz CT molecular complexity index is 449. The van der Waals surface area contributed by atoms with Crippen molar-refractivity contribution in [2.75, 3.05) is 19.6 Å². The van der Waals surface area contributed by atoms with E-state index in [1.54, 1.807) is 13.8 Å². The van der Waals surface area contributed by atoms with E-state index in [2.05, 4.69) is 5.32 Å². The Hall–Kier alpha value is -1.63.